The molecule has 0 aromatic heterocycles. The normalized spacial score (nSPS) is 57.8. The lowest BCUT2D eigenvalue weighted by Crippen LogP contribution is -2.68. The Bertz CT molecular complexity index is 552. The van der Waals surface area contributed by atoms with E-state index in [2.05, 4.69) is 18.7 Å². The summed E-state index contributed by atoms with van der Waals surface area (Å²) in [5.41, 5.74) is 1.06. The second-order valence-electron chi connectivity index (χ2n) is 10.9. The molecule has 5 aliphatic rings. The van der Waals surface area contributed by atoms with Crippen LogP contribution in [0.15, 0.2) is 0 Å². The van der Waals surface area contributed by atoms with Crippen molar-refractivity contribution in [3.63, 3.8) is 0 Å². The van der Waals surface area contributed by atoms with Crippen molar-refractivity contribution >= 4 is 0 Å². The van der Waals surface area contributed by atoms with Crippen LogP contribution in [-0.4, -0.2) is 47.5 Å². The van der Waals surface area contributed by atoms with Crippen LogP contribution in [0.25, 0.3) is 0 Å². The Morgan fingerprint density at radius 2 is 1.84 bits per heavy atom. The van der Waals surface area contributed by atoms with E-state index in [4.69, 9.17) is 0 Å². The molecular formula is C22H37NO2. The molecule has 1 heterocycles. The SMILES string of the molecule is C[C@@H]1[C@@H]2CC[C@@H]3[C@@](CC[C@@H]4[C@@]5(C)CCC[C@@]34CN(CCO)C5)(C2)[C@@H]1O. The van der Waals surface area contributed by atoms with Gasteiger partial charge in [-0.2, -0.15) is 0 Å². The Balaban J connectivity index is 1.58. The quantitative estimate of drug-likeness (QED) is 0.805. The van der Waals surface area contributed by atoms with Gasteiger partial charge in [0.1, 0.15) is 0 Å². The number of fused-ring (bicyclic) bond motifs is 1. The van der Waals surface area contributed by atoms with Gasteiger partial charge in [0, 0.05) is 25.0 Å². The smallest absolute Gasteiger partial charge is 0.0627 e. The molecule has 1 saturated heterocycles. The Morgan fingerprint density at radius 3 is 2.64 bits per heavy atom. The first-order valence-corrected chi connectivity index (χ1v) is 11.0. The molecule has 1 aliphatic heterocycles. The van der Waals surface area contributed by atoms with Gasteiger partial charge in [-0.15, -0.1) is 0 Å². The van der Waals surface area contributed by atoms with Crippen LogP contribution in [0.4, 0.5) is 0 Å². The first-order chi connectivity index (χ1) is 12.0. The van der Waals surface area contributed by atoms with E-state index in [1.165, 1.54) is 64.5 Å². The van der Waals surface area contributed by atoms with Gasteiger partial charge >= 0.3 is 0 Å². The molecular weight excluding hydrogens is 310 g/mol. The van der Waals surface area contributed by atoms with Crippen molar-refractivity contribution < 1.29 is 10.2 Å². The summed E-state index contributed by atoms with van der Waals surface area (Å²) in [4.78, 5) is 2.59. The van der Waals surface area contributed by atoms with Crippen LogP contribution in [-0.2, 0) is 0 Å². The maximum absolute atomic E-state index is 11.3. The van der Waals surface area contributed by atoms with Crippen LogP contribution in [0, 0.1) is 39.9 Å². The average Bonchev–Trinajstić information content (AvgIpc) is 2.74. The molecule has 0 aromatic rings. The fourth-order valence-electron chi connectivity index (χ4n) is 9.34. The van der Waals surface area contributed by atoms with E-state index >= 15 is 0 Å². The molecule has 4 aliphatic carbocycles. The van der Waals surface area contributed by atoms with E-state index in [9.17, 15) is 10.2 Å². The molecule has 3 heteroatoms. The topological polar surface area (TPSA) is 43.7 Å². The number of hydrogen-bond acceptors (Lipinski definition) is 3. The van der Waals surface area contributed by atoms with E-state index in [1.807, 2.05) is 0 Å². The van der Waals surface area contributed by atoms with Crippen molar-refractivity contribution in [1.29, 1.82) is 0 Å². The van der Waals surface area contributed by atoms with Crippen LogP contribution in [0.5, 0.6) is 0 Å². The third kappa shape index (κ3) is 2.04. The van der Waals surface area contributed by atoms with Crippen molar-refractivity contribution in [2.24, 2.45) is 39.9 Å². The summed E-state index contributed by atoms with van der Waals surface area (Å²) in [5.74, 6) is 2.84. The van der Waals surface area contributed by atoms with E-state index in [0.717, 1.165) is 24.3 Å². The summed E-state index contributed by atoms with van der Waals surface area (Å²) in [5, 5.41) is 20.9. The Kier molecular flexibility index (Phi) is 3.71. The van der Waals surface area contributed by atoms with Crippen molar-refractivity contribution in [2.75, 3.05) is 26.2 Å². The van der Waals surface area contributed by atoms with Gasteiger partial charge in [0.05, 0.1) is 12.7 Å². The molecule has 5 rings (SSSR count). The first kappa shape index (κ1) is 17.0. The van der Waals surface area contributed by atoms with Crippen LogP contribution in [0.1, 0.15) is 65.2 Å². The highest BCUT2D eigenvalue weighted by molar-refractivity contribution is 5.19. The van der Waals surface area contributed by atoms with Gasteiger partial charge in [-0.25, -0.2) is 0 Å². The molecule has 0 unspecified atom stereocenters. The van der Waals surface area contributed by atoms with Gasteiger partial charge in [-0.1, -0.05) is 20.3 Å². The van der Waals surface area contributed by atoms with E-state index in [1.54, 1.807) is 0 Å². The minimum absolute atomic E-state index is 0.0678. The highest BCUT2D eigenvalue weighted by atomic mass is 16.3. The van der Waals surface area contributed by atoms with E-state index < -0.39 is 0 Å². The number of aliphatic hydroxyl groups is 2. The fourth-order valence-corrected chi connectivity index (χ4v) is 9.34. The monoisotopic (exact) mass is 347 g/mol. The highest BCUT2D eigenvalue weighted by Gasteiger charge is 2.69. The van der Waals surface area contributed by atoms with E-state index in [0.29, 0.717) is 16.7 Å². The standard InChI is InChI=1S/C22H37NO2/c1-15-16-4-5-18-21(12-16,19(15)25)9-6-17-20(2)7-3-8-22(17,18)14-23(13-20)10-11-24/h15-19,24-25H,3-14H2,1-2H3/t15-,16-,17-,18-,19-,20+,21-,22+/m1/s1. The molecule has 1 spiro atoms. The zero-order valence-corrected chi connectivity index (χ0v) is 16.2. The average molecular weight is 348 g/mol. The minimum Gasteiger partial charge on any atom is -0.395 e. The van der Waals surface area contributed by atoms with Crippen molar-refractivity contribution in [3.8, 4) is 0 Å². The predicted molar refractivity (Wildman–Crippen MR) is 99.1 cm³/mol. The Hall–Kier alpha value is -0.120. The zero-order chi connectivity index (χ0) is 17.4. The number of β-amino-alcohol motifs (C(OH)–C–C–N with tert-alkyl or cyclic N) is 1. The molecule has 0 amide bonds. The lowest BCUT2D eigenvalue weighted by atomic mass is 9.38. The molecule has 0 aromatic carbocycles. The lowest BCUT2D eigenvalue weighted by Gasteiger charge is -2.69. The number of likely N-dealkylation sites (tertiary alicyclic amines) is 1. The largest absolute Gasteiger partial charge is 0.395 e. The molecule has 2 N–H and O–H groups in total. The summed E-state index contributed by atoms with van der Waals surface area (Å²) in [6.07, 6.45) is 10.7. The first-order valence-electron chi connectivity index (χ1n) is 11.0. The van der Waals surface area contributed by atoms with Gasteiger partial charge in [0.25, 0.3) is 0 Å². The van der Waals surface area contributed by atoms with Crippen molar-refractivity contribution in [1.82, 2.24) is 4.90 Å². The molecule has 142 valence electrons. The minimum atomic E-state index is -0.0678. The van der Waals surface area contributed by atoms with Crippen LogP contribution in [0.2, 0.25) is 0 Å². The van der Waals surface area contributed by atoms with Gasteiger partial charge in [-0.3, -0.25) is 4.90 Å². The lowest BCUT2D eigenvalue weighted by molar-refractivity contribution is -0.219. The molecule has 3 nitrogen and oxygen atoms in total. The predicted octanol–water partition coefficient (Wildman–Crippen LogP) is 3.29. The van der Waals surface area contributed by atoms with Gasteiger partial charge in [0.2, 0.25) is 0 Å². The Labute approximate surface area is 153 Å². The fraction of sp³-hybridized carbons (Fsp3) is 1.00. The van der Waals surface area contributed by atoms with Crippen LogP contribution in [0.3, 0.4) is 0 Å². The summed E-state index contributed by atoms with van der Waals surface area (Å²) in [6.45, 7) is 8.36. The summed E-state index contributed by atoms with van der Waals surface area (Å²) in [7, 11) is 0. The van der Waals surface area contributed by atoms with Crippen molar-refractivity contribution in [3.05, 3.63) is 0 Å². The molecule has 8 atom stereocenters. The maximum Gasteiger partial charge on any atom is 0.0627 e. The number of hydrogen-bond donors (Lipinski definition) is 2. The van der Waals surface area contributed by atoms with Crippen LogP contribution >= 0.6 is 0 Å². The third-order valence-electron chi connectivity index (χ3n) is 10.0. The molecule has 0 radical (unpaired) electrons. The van der Waals surface area contributed by atoms with Crippen LogP contribution < -0.4 is 0 Å². The van der Waals surface area contributed by atoms with Gasteiger partial charge in [0.15, 0.2) is 0 Å². The summed E-state index contributed by atoms with van der Waals surface area (Å²) >= 11 is 0. The zero-order valence-electron chi connectivity index (χ0n) is 16.2. The van der Waals surface area contributed by atoms with E-state index in [-0.39, 0.29) is 18.1 Å². The molecule has 5 fully saturated rings. The summed E-state index contributed by atoms with van der Waals surface area (Å²) in [6, 6.07) is 0. The second kappa shape index (κ2) is 5.45. The van der Waals surface area contributed by atoms with Gasteiger partial charge < -0.3 is 10.2 Å². The highest BCUT2D eigenvalue weighted by Crippen LogP contribution is 2.73. The molecule has 25 heavy (non-hydrogen) atoms. The summed E-state index contributed by atoms with van der Waals surface area (Å²) < 4.78 is 0. The molecule has 4 bridgehead atoms. The van der Waals surface area contributed by atoms with Crippen molar-refractivity contribution in [2.45, 2.75) is 71.3 Å². The Morgan fingerprint density at radius 1 is 1.00 bits per heavy atom. The third-order valence-corrected chi connectivity index (χ3v) is 10.0. The number of aliphatic hydroxyl groups excluding tert-OH is 2. The number of piperidine rings is 1. The maximum atomic E-state index is 11.3. The number of nitrogens with zero attached hydrogens (tertiary/aromatic N) is 1. The number of rotatable bonds is 2. The van der Waals surface area contributed by atoms with Gasteiger partial charge in [-0.05, 0) is 79.4 Å². The second-order valence-corrected chi connectivity index (χ2v) is 10.9. The molecule has 4 saturated carbocycles.